The number of carbonyl (C=O) groups excluding carboxylic acids is 1. The van der Waals surface area contributed by atoms with E-state index in [0.717, 1.165) is 5.56 Å². The maximum Gasteiger partial charge on any atom is 0.251 e. The van der Waals surface area contributed by atoms with Gasteiger partial charge in [0.2, 0.25) is 10.0 Å². The number of β-amino-alcohol motifs (C(OH)–C–C–N with tert-alkyl or cyclic N) is 1. The maximum atomic E-state index is 12.3. The van der Waals surface area contributed by atoms with Crippen LogP contribution in [0.4, 0.5) is 5.69 Å². The van der Waals surface area contributed by atoms with Gasteiger partial charge in [-0.25, -0.2) is 8.42 Å². The van der Waals surface area contributed by atoms with Gasteiger partial charge in [-0.1, -0.05) is 0 Å². The van der Waals surface area contributed by atoms with Gasteiger partial charge in [-0.2, -0.15) is 0 Å². The first-order valence-electron chi connectivity index (χ1n) is 8.16. The number of nitrogens with zero attached hydrogens (tertiary/aromatic N) is 1. The van der Waals surface area contributed by atoms with E-state index in [4.69, 9.17) is 0 Å². The summed E-state index contributed by atoms with van der Waals surface area (Å²) < 4.78 is 25.4. The van der Waals surface area contributed by atoms with Gasteiger partial charge >= 0.3 is 0 Å². The fourth-order valence-corrected chi connectivity index (χ4v) is 4.79. The van der Waals surface area contributed by atoms with Crippen LogP contribution >= 0.6 is 12.4 Å². The highest BCUT2D eigenvalue weighted by molar-refractivity contribution is 7.93. The van der Waals surface area contributed by atoms with E-state index in [2.05, 4.69) is 10.6 Å². The van der Waals surface area contributed by atoms with Crippen LogP contribution in [0.5, 0.6) is 0 Å². The monoisotopic (exact) mass is 389 g/mol. The van der Waals surface area contributed by atoms with E-state index in [0.29, 0.717) is 43.9 Å². The number of amides is 1. The molecule has 0 saturated carbocycles. The second-order valence-corrected chi connectivity index (χ2v) is 8.45. The zero-order valence-electron chi connectivity index (χ0n) is 14.1. The Morgan fingerprint density at radius 3 is 2.72 bits per heavy atom. The lowest BCUT2D eigenvalue weighted by molar-refractivity contribution is 0.0926. The summed E-state index contributed by atoms with van der Waals surface area (Å²) in [4.78, 5) is 12.3. The molecule has 0 spiro atoms. The van der Waals surface area contributed by atoms with Crippen LogP contribution in [0, 0.1) is 12.8 Å². The number of hydrogen-bond donors (Lipinski definition) is 3. The minimum Gasteiger partial charge on any atom is -0.391 e. The third kappa shape index (κ3) is 4.25. The lowest BCUT2D eigenvalue weighted by atomic mass is 10.0. The predicted molar refractivity (Wildman–Crippen MR) is 98.9 cm³/mol. The molecule has 140 valence electrons. The average molecular weight is 390 g/mol. The van der Waals surface area contributed by atoms with Gasteiger partial charge < -0.3 is 15.7 Å². The molecule has 7 nitrogen and oxygen atoms in total. The summed E-state index contributed by atoms with van der Waals surface area (Å²) in [5, 5.41) is 15.7. The molecule has 2 unspecified atom stereocenters. The number of hydrogen-bond acceptors (Lipinski definition) is 5. The molecule has 2 aliphatic rings. The summed E-state index contributed by atoms with van der Waals surface area (Å²) in [6, 6.07) is 5.08. The maximum absolute atomic E-state index is 12.3. The molecular formula is C16H24ClN3O4S. The van der Waals surface area contributed by atoms with Crippen molar-refractivity contribution < 1.29 is 18.3 Å². The number of nitrogens with one attached hydrogen (secondary N) is 2. The molecule has 1 aromatic rings. The molecule has 0 bridgehead atoms. The number of benzene rings is 1. The molecule has 0 aliphatic carbocycles. The summed E-state index contributed by atoms with van der Waals surface area (Å²) in [5.41, 5.74) is 1.87. The number of rotatable bonds is 4. The normalized spacial score (nSPS) is 24.8. The summed E-state index contributed by atoms with van der Waals surface area (Å²) in [7, 11) is -3.22. The fourth-order valence-electron chi connectivity index (χ4n) is 3.23. The Labute approximate surface area is 154 Å². The van der Waals surface area contributed by atoms with E-state index in [1.807, 2.05) is 0 Å². The molecule has 3 rings (SSSR count). The van der Waals surface area contributed by atoms with Crippen LogP contribution < -0.4 is 14.9 Å². The number of aliphatic hydroxyl groups excluding tert-OH is 1. The Morgan fingerprint density at radius 2 is 2.16 bits per heavy atom. The van der Waals surface area contributed by atoms with Gasteiger partial charge in [0, 0.05) is 37.7 Å². The van der Waals surface area contributed by atoms with Crippen LogP contribution in [0.2, 0.25) is 0 Å². The van der Waals surface area contributed by atoms with Gasteiger partial charge in [-0.3, -0.25) is 9.10 Å². The molecular weight excluding hydrogens is 366 g/mol. The van der Waals surface area contributed by atoms with Crippen molar-refractivity contribution in [3.63, 3.8) is 0 Å². The smallest absolute Gasteiger partial charge is 0.251 e. The average Bonchev–Trinajstić information content (AvgIpc) is 3.09. The Kier molecular flexibility index (Phi) is 6.31. The second-order valence-electron chi connectivity index (χ2n) is 6.44. The predicted octanol–water partition coefficient (Wildman–Crippen LogP) is 0.267. The van der Waals surface area contributed by atoms with Gasteiger partial charge in [-0.15, -0.1) is 12.4 Å². The number of aryl methyl sites for hydroxylation is 1. The zero-order chi connectivity index (χ0) is 17.3. The Balaban J connectivity index is 0.00000225. The van der Waals surface area contributed by atoms with Gasteiger partial charge in [0.15, 0.2) is 0 Å². The first-order valence-corrected chi connectivity index (χ1v) is 9.77. The van der Waals surface area contributed by atoms with E-state index >= 15 is 0 Å². The molecule has 9 heteroatoms. The minimum atomic E-state index is -3.22. The molecule has 2 aliphatic heterocycles. The molecule has 3 N–H and O–H groups in total. The third-order valence-corrected chi connectivity index (χ3v) is 6.54. The standard InChI is InChI=1S/C16H23N3O4S.ClH/c1-11-7-13(19-5-2-6-24(19,22)23)3-4-14(11)16(21)18-9-12-8-17-10-15(12)20;/h3-4,7,12,15,17,20H,2,5-6,8-10H2,1H3,(H,18,21);1H. The van der Waals surface area contributed by atoms with Crippen molar-refractivity contribution in [2.45, 2.75) is 19.4 Å². The van der Waals surface area contributed by atoms with Crippen molar-refractivity contribution in [2.24, 2.45) is 5.92 Å². The van der Waals surface area contributed by atoms with Crippen LogP contribution in [0.25, 0.3) is 0 Å². The van der Waals surface area contributed by atoms with Crippen molar-refractivity contribution in [1.82, 2.24) is 10.6 Å². The summed E-state index contributed by atoms with van der Waals surface area (Å²) >= 11 is 0. The van der Waals surface area contributed by atoms with E-state index in [-0.39, 0.29) is 30.0 Å². The quantitative estimate of drug-likeness (QED) is 0.686. The molecule has 2 atom stereocenters. The van der Waals surface area contributed by atoms with Crippen molar-refractivity contribution in [2.75, 3.05) is 36.2 Å². The molecule has 0 radical (unpaired) electrons. The first kappa shape index (κ1) is 20.0. The Bertz CT molecular complexity index is 741. The first-order chi connectivity index (χ1) is 11.4. The summed E-state index contributed by atoms with van der Waals surface area (Å²) in [5.74, 6) is -0.0165. The fraction of sp³-hybridized carbons (Fsp3) is 0.562. The van der Waals surface area contributed by atoms with Crippen LogP contribution in [-0.2, 0) is 10.0 Å². The summed E-state index contributed by atoms with van der Waals surface area (Å²) in [6.45, 7) is 3.94. The topological polar surface area (TPSA) is 98.7 Å². The van der Waals surface area contributed by atoms with Crippen LogP contribution in [0.3, 0.4) is 0 Å². The number of aliphatic hydroxyl groups is 1. The van der Waals surface area contributed by atoms with Crippen LogP contribution in [-0.4, -0.2) is 57.5 Å². The van der Waals surface area contributed by atoms with Crippen molar-refractivity contribution >= 4 is 34.0 Å². The lowest BCUT2D eigenvalue weighted by Gasteiger charge is -2.19. The highest BCUT2D eigenvalue weighted by Gasteiger charge is 2.29. The van der Waals surface area contributed by atoms with Crippen LogP contribution in [0.15, 0.2) is 18.2 Å². The number of anilines is 1. The molecule has 1 aromatic carbocycles. The number of sulfonamides is 1. The molecule has 0 aromatic heterocycles. The Morgan fingerprint density at radius 1 is 1.40 bits per heavy atom. The number of carbonyl (C=O) groups is 1. The molecule has 2 heterocycles. The zero-order valence-corrected chi connectivity index (χ0v) is 15.7. The number of halogens is 1. The van der Waals surface area contributed by atoms with Crippen LogP contribution in [0.1, 0.15) is 22.3 Å². The van der Waals surface area contributed by atoms with E-state index in [1.54, 1.807) is 25.1 Å². The SMILES string of the molecule is Cc1cc(N2CCCS2(=O)=O)ccc1C(=O)NCC1CNCC1O.Cl. The van der Waals surface area contributed by atoms with E-state index < -0.39 is 16.1 Å². The van der Waals surface area contributed by atoms with Crippen molar-refractivity contribution in [3.8, 4) is 0 Å². The molecule has 2 saturated heterocycles. The van der Waals surface area contributed by atoms with Gasteiger partial charge in [0.1, 0.15) is 0 Å². The highest BCUT2D eigenvalue weighted by atomic mass is 35.5. The minimum absolute atomic E-state index is 0. The second kappa shape index (κ2) is 7.90. The molecule has 25 heavy (non-hydrogen) atoms. The van der Waals surface area contributed by atoms with Crippen molar-refractivity contribution in [3.05, 3.63) is 29.3 Å². The highest BCUT2D eigenvalue weighted by Crippen LogP contribution is 2.26. The molecule has 2 fully saturated rings. The molecule has 1 amide bonds. The van der Waals surface area contributed by atoms with E-state index in [1.165, 1.54) is 4.31 Å². The summed E-state index contributed by atoms with van der Waals surface area (Å²) in [6.07, 6.45) is 0.190. The van der Waals surface area contributed by atoms with Gasteiger partial charge in [0.25, 0.3) is 5.91 Å². The third-order valence-electron chi connectivity index (χ3n) is 4.67. The Hall–Kier alpha value is -1.35. The van der Waals surface area contributed by atoms with Gasteiger partial charge in [-0.05, 0) is 37.1 Å². The van der Waals surface area contributed by atoms with E-state index in [9.17, 15) is 18.3 Å². The van der Waals surface area contributed by atoms with Gasteiger partial charge in [0.05, 0.1) is 17.5 Å². The lowest BCUT2D eigenvalue weighted by Crippen LogP contribution is -2.34. The largest absolute Gasteiger partial charge is 0.391 e. The van der Waals surface area contributed by atoms with Crippen molar-refractivity contribution in [1.29, 1.82) is 0 Å².